The lowest BCUT2D eigenvalue weighted by atomic mass is 10.1. The summed E-state index contributed by atoms with van der Waals surface area (Å²) < 4.78 is 0. The van der Waals surface area contributed by atoms with Gasteiger partial charge in [0, 0.05) is 34.9 Å². The molecule has 3 rings (SSSR count). The SMILES string of the molecule is CC(C)CNC(=O)C1CCCN1C(=O)c1cccc(NC(=O)c2cccc(Cl)c2)c1. The van der Waals surface area contributed by atoms with Crippen LogP contribution in [0.25, 0.3) is 0 Å². The zero-order valence-corrected chi connectivity index (χ0v) is 17.9. The monoisotopic (exact) mass is 427 g/mol. The molecular weight excluding hydrogens is 402 g/mol. The first-order valence-corrected chi connectivity index (χ1v) is 10.5. The molecule has 1 heterocycles. The van der Waals surface area contributed by atoms with Crippen LogP contribution in [-0.4, -0.2) is 41.8 Å². The topological polar surface area (TPSA) is 78.5 Å². The van der Waals surface area contributed by atoms with Gasteiger partial charge in [0.1, 0.15) is 6.04 Å². The van der Waals surface area contributed by atoms with Gasteiger partial charge in [-0.1, -0.05) is 37.6 Å². The quantitative estimate of drug-likeness (QED) is 0.732. The molecule has 1 aliphatic rings. The number of nitrogens with zero attached hydrogens (tertiary/aromatic N) is 1. The number of nitrogens with one attached hydrogen (secondary N) is 2. The predicted octanol–water partition coefficient (Wildman–Crippen LogP) is 3.97. The van der Waals surface area contributed by atoms with Gasteiger partial charge in [-0.15, -0.1) is 0 Å². The summed E-state index contributed by atoms with van der Waals surface area (Å²) in [5.41, 5.74) is 1.37. The van der Waals surface area contributed by atoms with Crippen molar-refractivity contribution >= 4 is 35.0 Å². The van der Waals surface area contributed by atoms with Crippen molar-refractivity contribution in [3.05, 3.63) is 64.7 Å². The maximum Gasteiger partial charge on any atom is 0.255 e. The molecule has 0 aromatic heterocycles. The summed E-state index contributed by atoms with van der Waals surface area (Å²) in [6.45, 7) is 5.18. The zero-order valence-electron chi connectivity index (χ0n) is 17.2. The van der Waals surface area contributed by atoms with Crippen LogP contribution in [0.4, 0.5) is 5.69 Å². The fourth-order valence-corrected chi connectivity index (χ4v) is 3.62. The molecule has 0 aliphatic carbocycles. The minimum Gasteiger partial charge on any atom is -0.354 e. The Hall–Kier alpha value is -2.86. The van der Waals surface area contributed by atoms with Gasteiger partial charge in [0.25, 0.3) is 11.8 Å². The second-order valence-corrected chi connectivity index (χ2v) is 8.28. The molecule has 7 heteroatoms. The van der Waals surface area contributed by atoms with E-state index in [-0.39, 0.29) is 17.7 Å². The maximum atomic E-state index is 13.1. The van der Waals surface area contributed by atoms with Crippen molar-refractivity contribution in [1.82, 2.24) is 10.2 Å². The van der Waals surface area contributed by atoms with Crippen molar-refractivity contribution in [2.45, 2.75) is 32.7 Å². The van der Waals surface area contributed by atoms with E-state index in [1.807, 2.05) is 13.8 Å². The molecule has 158 valence electrons. The third kappa shape index (κ3) is 5.39. The summed E-state index contributed by atoms with van der Waals surface area (Å²) in [7, 11) is 0. The third-order valence-corrected chi connectivity index (χ3v) is 5.19. The number of hydrogen-bond donors (Lipinski definition) is 2. The number of amides is 3. The minimum absolute atomic E-state index is 0.111. The Morgan fingerprint density at radius 3 is 2.57 bits per heavy atom. The van der Waals surface area contributed by atoms with Crippen molar-refractivity contribution in [2.75, 3.05) is 18.4 Å². The van der Waals surface area contributed by atoms with Crippen LogP contribution in [0.5, 0.6) is 0 Å². The van der Waals surface area contributed by atoms with E-state index in [1.165, 1.54) is 0 Å². The normalized spacial score (nSPS) is 15.9. The molecule has 0 radical (unpaired) electrons. The first-order valence-electron chi connectivity index (χ1n) is 10.1. The molecule has 30 heavy (non-hydrogen) atoms. The Morgan fingerprint density at radius 2 is 1.83 bits per heavy atom. The molecule has 1 fully saturated rings. The average molecular weight is 428 g/mol. The van der Waals surface area contributed by atoms with Crippen LogP contribution < -0.4 is 10.6 Å². The fraction of sp³-hybridized carbons (Fsp3) is 0.348. The number of likely N-dealkylation sites (tertiary alicyclic amines) is 1. The lowest BCUT2D eigenvalue weighted by molar-refractivity contribution is -0.125. The van der Waals surface area contributed by atoms with Gasteiger partial charge in [-0.2, -0.15) is 0 Å². The highest BCUT2D eigenvalue weighted by atomic mass is 35.5. The molecule has 6 nitrogen and oxygen atoms in total. The Kier molecular flexibility index (Phi) is 7.11. The van der Waals surface area contributed by atoms with Crippen molar-refractivity contribution in [3.63, 3.8) is 0 Å². The van der Waals surface area contributed by atoms with Gasteiger partial charge in [-0.3, -0.25) is 14.4 Å². The van der Waals surface area contributed by atoms with Crippen molar-refractivity contribution < 1.29 is 14.4 Å². The number of halogens is 1. The fourth-order valence-electron chi connectivity index (χ4n) is 3.43. The molecule has 0 spiro atoms. The first kappa shape index (κ1) is 21.8. The van der Waals surface area contributed by atoms with Crippen molar-refractivity contribution in [2.24, 2.45) is 5.92 Å². The van der Waals surface area contributed by atoms with Gasteiger partial charge in [0.2, 0.25) is 5.91 Å². The van der Waals surface area contributed by atoms with Gasteiger partial charge in [-0.05, 0) is 55.2 Å². The summed E-state index contributed by atoms with van der Waals surface area (Å²) in [5.74, 6) is -0.287. The van der Waals surface area contributed by atoms with Crippen LogP contribution in [0, 0.1) is 5.92 Å². The van der Waals surface area contributed by atoms with Gasteiger partial charge in [-0.25, -0.2) is 0 Å². The molecule has 1 atom stereocenters. The lowest BCUT2D eigenvalue weighted by Crippen LogP contribution is -2.46. The molecular formula is C23H26ClN3O3. The van der Waals surface area contributed by atoms with E-state index >= 15 is 0 Å². The van der Waals surface area contributed by atoms with Crippen LogP contribution in [0.1, 0.15) is 47.4 Å². The number of rotatable bonds is 6. The number of carbonyl (C=O) groups is 3. The van der Waals surface area contributed by atoms with E-state index in [0.29, 0.717) is 47.3 Å². The van der Waals surface area contributed by atoms with Gasteiger partial charge in [0.05, 0.1) is 0 Å². The van der Waals surface area contributed by atoms with Crippen molar-refractivity contribution in [3.8, 4) is 0 Å². The summed E-state index contributed by atoms with van der Waals surface area (Å²) in [6, 6.07) is 12.9. The maximum absolute atomic E-state index is 13.1. The predicted molar refractivity (Wildman–Crippen MR) is 118 cm³/mol. The number of anilines is 1. The Morgan fingerprint density at radius 1 is 1.10 bits per heavy atom. The summed E-state index contributed by atoms with van der Waals surface area (Å²) in [6.07, 6.45) is 1.44. The molecule has 1 aliphatic heterocycles. The van der Waals surface area contributed by atoms with E-state index < -0.39 is 6.04 Å². The number of benzene rings is 2. The van der Waals surface area contributed by atoms with E-state index in [9.17, 15) is 14.4 Å². The molecule has 0 saturated carbocycles. The van der Waals surface area contributed by atoms with Crippen molar-refractivity contribution in [1.29, 1.82) is 0 Å². The van der Waals surface area contributed by atoms with E-state index in [1.54, 1.807) is 53.4 Å². The molecule has 2 aromatic rings. The Bertz CT molecular complexity index is 945. The Balaban J connectivity index is 1.71. The summed E-state index contributed by atoms with van der Waals surface area (Å²) in [4.78, 5) is 39.7. The lowest BCUT2D eigenvalue weighted by Gasteiger charge is -2.24. The second-order valence-electron chi connectivity index (χ2n) is 7.84. The van der Waals surface area contributed by atoms with Gasteiger partial charge in [0.15, 0.2) is 0 Å². The average Bonchev–Trinajstić information content (AvgIpc) is 3.21. The van der Waals surface area contributed by atoms with Crippen LogP contribution in [-0.2, 0) is 4.79 Å². The molecule has 1 saturated heterocycles. The van der Waals surface area contributed by atoms with Crippen LogP contribution in [0.15, 0.2) is 48.5 Å². The van der Waals surface area contributed by atoms with Crippen LogP contribution >= 0.6 is 11.6 Å². The standard InChI is InChI=1S/C23H26ClN3O3/c1-15(2)14-25-22(29)20-10-5-11-27(20)23(30)17-7-4-9-19(13-17)26-21(28)16-6-3-8-18(24)12-16/h3-4,6-9,12-13,15,20H,5,10-11,14H2,1-2H3,(H,25,29)(H,26,28). The van der Waals surface area contributed by atoms with E-state index in [0.717, 1.165) is 6.42 Å². The van der Waals surface area contributed by atoms with Crippen LogP contribution in [0.3, 0.4) is 0 Å². The minimum atomic E-state index is -0.457. The smallest absolute Gasteiger partial charge is 0.255 e. The molecule has 2 N–H and O–H groups in total. The molecule has 1 unspecified atom stereocenters. The number of carbonyl (C=O) groups excluding carboxylic acids is 3. The van der Waals surface area contributed by atoms with E-state index in [2.05, 4.69) is 10.6 Å². The third-order valence-electron chi connectivity index (χ3n) is 4.96. The molecule has 0 bridgehead atoms. The first-order chi connectivity index (χ1) is 14.3. The molecule has 2 aromatic carbocycles. The highest BCUT2D eigenvalue weighted by Gasteiger charge is 2.34. The van der Waals surface area contributed by atoms with E-state index in [4.69, 9.17) is 11.6 Å². The summed E-state index contributed by atoms with van der Waals surface area (Å²) in [5, 5.41) is 6.18. The largest absolute Gasteiger partial charge is 0.354 e. The highest BCUT2D eigenvalue weighted by molar-refractivity contribution is 6.31. The summed E-state index contributed by atoms with van der Waals surface area (Å²) >= 11 is 5.95. The van der Waals surface area contributed by atoms with Crippen LogP contribution in [0.2, 0.25) is 5.02 Å². The highest BCUT2D eigenvalue weighted by Crippen LogP contribution is 2.22. The molecule has 3 amide bonds. The van der Waals surface area contributed by atoms with Gasteiger partial charge >= 0.3 is 0 Å². The zero-order chi connectivity index (χ0) is 21.7. The van der Waals surface area contributed by atoms with Gasteiger partial charge < -0.3 is 15.5 Å². The number of hydrogen-bond acceptors (Lipinski definition) is 3. The Labute approximate surface area is 181 Å². The second kappa shape index (κ2) is 9.76.